The van der Waals surface area contributed by atoms with Crippen molar-refractivity contribution in [1.82, 2.24) is 5.32 Å². The van der Waals surface area contributed by atoms with Crippen molar-refractivity contribution in [3.63, 3.8) is 0 Å². The van der Waals surface area contributed by atoms with E-state index in [-0.39, 0.29) is 5.91 Å². The number of carbonyl (C=O) groups excluding carboxylic acids is 3. The Morgan fingerprint density at radius 3 is 1.76 bits per heavy atom. The van der Waals surface area contributed by atoms with Crippen molar-refractivity contribution < 1.29 is 24.2 Å². The van der Waals surface area contributed by atoms with Gasteiger partial charge in [0, 0.05) is 6.42 Å². The Bertz CT molecular complexity index is 543. The van der Waals surface area contributed by atoms with E-state index >= 15 is 0 Å². The quantitative estimate of drug-likeness (QED) is 0.103. The van der Waals surface area contributed by atoms with Gasteiger partial charge in [-0.15, -0.1) is 0 Å². The molecular formula is C26H51N3O5. The second-order valence-corrected chi connectivity index (χ2v) is 9.40. The van der Waals surface area contributed by atoms with Crippen LogP contribution in [0.5, 0.6) is 0 Å². The second kappa shape index (κ2) is 22.0. The van der Waals surface area contributed by atoms with Crippen molar-refractivity contribution >= 4 is 17.8 Å². The molecule has 0 saturated carbocycles. The number of ether oxygens (including phenoxy) is 1. The molecular weight excluding hydrogens is 434 g/mol. The minimum Gasteiger partial charge on any atom is -0.391 e. The number of nitrogens with one attached hydrogen (secondary N) is 1. The molecule has 6 N–H and O–H groups in total. The summed E-state index contributed by atoms with van der Waals surface area (Å²) in [5.74, 6) is -2.09. The maximum atomic E-state index is 12.4. The van der Waals surface area contributed by atoms with E-state index in [2.05, 4.69) is 12.2 Å². The van der Waals surface area contributed by atoms with Crippen LogP contribution in [0.3, 0.4) is 0 Å². The van der Waals surface area contributed by atoms with Crippen LogP contribution in [-0.4, -0.2) is 47.7 Å². The lowest BCUT2D eigenvalue weighted by Gasteiger charge is -2.19. The Kier molecular flexibility index (Phi) is 21.0. The first-order valence-electron chi connectivity index (χ1n) is 13.5. The molecule has 8 heteroatoms. The summed E-state index contributed by atoms with van der Waals surface area (Å²) in [6.07, 6.45) is 16.8. The monoisotopic (exact) mass is 485 g/mol. The van der Waals surface area contributed by atoms with Gasteiger partial charge in [-0.3, -0.25) is 4.79 Å². The molecule has 0 unspecified atom stereocenters. The van der Waals surface area contributed by atoms with Crippen LogP contribution in [0.2, 0.25) is 0 Å². The fourth-order valence-electron chi connectivity index (χ4n) is 3.75. The van der Waals surface area contributed by atoms with Crippen LogP contribution in [0.1, 0.15) is 123 Å². The molecule has 0 fully saturated rings. The molecule has 3 atom stereocenters. The number of nitrogens with two attached hydrogens (primary N) is 2. The van der Waals surface area contributed by atoms with Gasteiger partial charge in [0.1, 0.15) is 12.1 Å². The van der Waals surface area contributed by atoms with Crippen LogP contribution < -0.4 is 16.8 Å². The predicted octanol–water partition coefficient (Wildman–Crippen LogP) is 3.86. The Labute approximate surface area is 206 Å². The van der Waals surface area contributed by atoms with Crippen molar-refractivity contribution in [1.29, 1.82) is 0 Å². The van der Waals surface area contributed by atoms with Crippen molar-refractivity contribution in [2.75, 3.05) is 6.54 Å². The number of hydrogen-bond acceptors (Lipinski definition) is 7. The molecule has 34 heavy (non-hydrogen) atoms. The normalized spacial score (nSPS) is 13.8. The molecule has 0 rings (SSSR count). The number of carbonyl (C=O) groups is 3. The van der Waals surface area contributed by atoms with Gasteiger partial charge in [-0.25, -0.2) is 9.59 Å². The molecule has 0 heterocycles. The summed E-state index contributed by atoms with van der Waals surface area (Å²) in [4.78, 5) is 36.6. The van der Waals surface area contributed by atoms with E-state index in [1.165, 1.54) is 71.1 Å². The van der Waals surface area contributed by atoms with Gasteiger partial charge in [0.15, 0.2) is 0 Å². The lowest BCUT2D eigenvalue weighted by molar-refractivity contribution is -0.164. The summed E-state index contributed by atoms with van der Waals surface area (Å²) < 4.78 is 4.78. The van der Waals surface area contributed by atoms with E-state index in [0.29, 0.717) is 32.2 Å². The molecule has 0 aromatic carbocycles. The first kappa shape index (κ1) is 32.5. The molecule has 0 aliphatic rings. The van der Waals surface area contributed by atoms with Crippen molar-refractivity contribution in [3.05, 3.63) is 0 Å². The van der Waals surface area contributed by atoms with Gasteiger partial charge in [-0.05, 0) is 39.2 Å². The smallest absolute Gasteiger partial charge is 0.336 e. The van der Waals surface area contributed by atoms with Crippen LogP contribution in [0.4, 0.5) is 0 Å². The average Bonchev–Trinajstić information content (AvgIpc) is 2.80. The molecule has 200 valence electrons. The predicted molar refractivity (Wildman–Crippen MR) is 136 cm³/mol. The summed E-state index contributed by atoms with van der Waals surface area (Å²) in [6, 6.07) is -2.23. The molecule has 0 spiro atoms. The number of amides is 1. The fourth-order valence-corrected chi connectivity index (χ4v) is 3.75. The third-order valence-corrected chi connectivity index (χ3v) is 6.07. The maximum Gasteiger partial charge on any atom is 0.336 e. The first-order valence-corrected chi connectivity index (χ1v) is 13.5. The van der Waals surface area contributed by atoms with E-state index in [1.807, 2.05) is 0 Å². The van der Waals surface area contributed by atoms with Gasteiger partial charge >= 0.3 is 11.9 Å². The zero-order valence-electron chi connectivity index (χ0n) is 21.7. The molecule has 1 amide bonds. The number of aliphatic hydroxyl groups excluding tert-OH is 1. The summed E-state index contributed by atoms with van der Waals surface area (Å²) in [7, 11) is 0. The molecule has 8 nitrogen and oxygen atoms in total. The average molecular weight is 486 g/mol. The number of rotatable bonds is 22. The van der Waals surface area contributed by atoms with Gasteiger partial charge in [0.05, 0.1) is 6.10 Å². The van der Waals surface area contributed by atoms with Gasteiger partial charge < -0.3 is 26.6 Å². The van der Waals surface area contributed by atoms with Crippen LogP contribution in [0.25, 0.3) is 0 Å². The van der Waals surface area contributed by atoms with Gasteiger partial charge in [-0.2, -0.15) is 0 Å². The molecule has 0 saturated heterocycles. The third kappa shape index (κ3) is 17.9. The molecule has 0 aliphatic heterocycles. The highest BCUT2D eigenvalue weighted by molar-refractivity contribution is 5.93. The molecule has 0 aromatic heterocycles. The highest BCUT2D eigenvalue weighted by Crippen LogP contribution is 2.13. The number of unbranched alkanes of at least 4 members (excludes halogenated alkanes) is 13. The van der Waals surface area contributed by atoms with E-state index in [4.69, 9.17) is 16.2 Å². The Balaban J connectivity index is 4.08. The van der Waals surface area contributed by atoms with Crippen molar-refractivity contribution in [3.8, 4) is 0 Å². The maximum absolute atomic E-state index is 12.4. The lowest BCUT2D eigenvalue weighted by Crippen LogP contribution is -2.47. The van der Waals surface area contributed by atoms with Gasteiger partial charge in [0.2, 0.25) is 5.91 Å². The van der Waals surface area contributed by atoms with E-state index in [1.54, 1.807) is 0 Å². The topological polar surface area (TPSA) is 145 Å². The Morgan fingerprint density at radius 2 is 1.29 bits per heavy atom. The third-order valence-electron chi connectivity index (χ3n) is 6.07. The fraction of sp³-hybridized carbons (Fsp3) is 0.885. The molecule has 0 aliphatic carbocycles. The first-order chi connectivity index (χ1) is 16.3. The molecule has 0 bridgehead atoms. The van der Waals surface area contributed by atoms with Crippen molar-refractivity contribution in [2.45, 2.75) is 141 Å². The standard InChI is InChI=1S/C26H51N3O5/c1-3-4-5-6-7-8-9-10-11-12-13-14-15-19-23(31)29-22(18-16-17-20-27)25(32)34-26(33)24(28)21(2)30/h21-22,24,30H,3-20,27-28H2,1-2H3,(H,29,31)/t21-,22+,24+/m1/s1. The van der Waals surface area contributed by atoms with E-state index < -0.39 is 30.1 Å². The van der Waals surface area contributed by atoms with Gasteiger partial charge in [-0.1, -0.05) is 84.0 Å². The Morgan fingerprint density at radius 1 is 0.794 bits per heavy atom. The summed E-state index contributed by atoms with van der Waals surface area (Å²) in [5, 5.41) is 12.1. The minimum atomic E-state index is -1.31. The zero-order chi connectivity index (χ0) is 25.6. The highest BCUT2D eigenvalue weighted by Gasteiger charge is 2.28. The number of aliphatic hydroxyl groups is 1. The number of esters is 2. The molecule has 0 radical (unpaired) electrons. The lowest BCUT2D eigenvalue weighted by atomic mass is 10.0. The zero-order valence-corrected chi connectivity index (χ0v) is 21.7. The highest BCUT2D eigenvalue weighted by atomic mass is 16.6. The van der Waals surface area contributed by atoms with Gasteiger partial charge in [0.25, 0.3) is 0 Å². The van der Waals surface area contributed by atoms with E-state index in [0.717, 1.165) is 19.3 Å². The van der Waals surface area contributed by atoms with Crippen LogP contribution in [-0.2, 0) is 19.1 Å². The summed E-state index contributed by atoms with van der Waals surface area (Å²) >= 11 is 0. The summed E-state index contributed by atoms with van der Waals surface area (Å²) in [6.45, 7) is 4.06. The van der Waals surface area contributed by atoms with Crippen LogP contribution >= 0.6 is 0 Å². The molecule has 0 aromatic rings. The van der Waals surface area contributed by atoms with Crippen molar-refractivity contribution in [2.24, 2.45) is 11.5 Å². The number of hydrogen-bond donors (Lipinski definition) is 4. The van der Waals surface area contributed by atoms with Crippen LogP contribution in [0.15, 0.2) is 0 Å². The largest absolute Gasteiger partial charge is 0.391 e. The second-order valence-electron chi connectivity index (χ2n) is 9.40. The Hall–Kier alpha value is -1.51. The van der Waals surface area contributed by atoms with Crippen LogP contribution in [0, 0.1) is 0 Å². The SMILES string of the molecule is CCCCCCCCCCCCCCCC(=O)N[C@@H](CCCCN)C(=O)OC(=O)[C@@H](N)[C@@H](C)O. The van der Waals surface area contributed by atoms with E-state index in [9.17, 15) is 19.5 Å². The minimum absolute atomic E-state index is 0.231. The summed E-state index contributed by atoms with van der Waals surface area (Å²) in [5.41, 5.74) is 11.0.